The van der Waals surface area contributed by atoms with Gasteiger partial charge in [0.05, 0.1) is 7.11 Å². The van der Waals surface area contributed by atoms with Gasteiger partial charge in [-0.2, -0.15) is 0 Å². The Kier molecular flexibility index (Phi) is 7.76. The standard InChI is InChI=1S/C26H26N4O2S/c1-32-23-15-8-12-21(18-23)25-28-29-26(30(25)22-13-6-3-7-14-22)33-17-9-16-24(31)27-19-20-10-4-2-5-11-20/h2-8,10-15,18H,9,16-17,19H2,1H3,(H,27,31). The molecule has 0 radical (unpaired) electrons. The molecule has 0 atom stereocenters. The Bertz CT molecular complexity index is 1180. The molecule has 0 spiro atoms. The molecule has 1 heterocycles. The highest BCUT2D eigenvalue weighted by Gasteiger charge is 2.16. The van der Waals surface area contributed by atoms with Crippen LogP contribution in [0.15, 0.2) is 90.1 Å². The SMILES string of the molecule is COc1cccc(-c2nnc(SCCCC(=O)NCc3ccccc3)n2-c2ccccc2)c1. The summed E-state index contributed by atoms with van der Waals surface area (Å²) in [6, 6.07) is 27.8. The van der Waals surface area contributed by atoms with Crippen molar-refractivity contribution in [3.05, 3.63) is 90.5 Å². The van der Waals surface area contributed by atoms with Crippen molar-refractivity contribution in [2.75, 3.05) is 12.9 Å². The number of benzene rings is 3. The minimum Gasteiger partial charge on any atom is -0.497 e. The first-order chi connectivity index (χ1) is 16.2. The summed E-state index contributed by atoms with van der Waals surface area (Å²) in [5, 5.41) is 12.7. The summed E-state index contributed by atoms with van der Waals surface area (Å²) in [6.07, 6.45) is 1.23. The molecule has 1 amide bonds. The van der Waals surface area contributed by atoms with Crippen LogP contribution in [-0.4, -0.2) is 33.5 Å². The van der Waals surface area contributed by atoms with E-state index in [0.29, 0.717) is 13.0 Å². The molecular formula is C26H26N4O2S. The Morgan fingerprint density at radius 2 is 1.73 bits per heavy atom. The summed E-state index contributed by atoms with van der Waals surface area (Å²) >= 11 is 1.60. The Morgan fingerprint density at radius 1 is 0.970 bits per heavy atom. The minimum absolute atomic E-state index is 0.0565. The van der Waals surface area contributed by atoms with Gasteiger partial charge in [-0.05, 0) is 36.2 Å². The molecule has 1 N–H and O–H groups in total. The highest BCUT2D eigenvalue weighted by molar-refractivity contribution is 7.99. The number of methoxy groups -OCH3 is 1. The molecule has 0 unspecified atom stereocenters. The number of rotatable bonds is 10. The molecule has 0 aliphatic heterocycles. The fraction of sp³-hybridized carbons (Fsp3) is 0.192. The molecule has 0 fully saturated rings. The van der Waals surface area contributed by atoms with Crippen LogP contribution in [0.5, 0.6) is 5.75 Å². The second kappa shape index (κ2) is 11.3. The summed E-state index contributed by atoms with van der Waals surface area (Å²) in [7, 11) is 1.65. The summed E-state index contributed by atoms with van der Waals surface area (Å²) in [6.45, 7) is 0.555. The molecule has 0 saturated heterocycles. The number of amides is 1. The van der Waals surface area contributed by atoms with Crippen molar-refractivity contribution in [1.29, 1.82) is 0 Å². The summed E-state index contributed by atoms with van der Waals surface area (Å²) in [4.78, 5) is 12.2. The number of carbonyl (C=O) groups excluding carboxylic acids is 1. The van der Waals surface area contributed by atoms with E-state index in [0.717, 1.165) is 45.7 Å². The van der Waals surface area contributed by atoms with Crippen LogP contribution in [0.4, 0.5) is 0 Å². The molecule has 0 bridgehead atoms. The maximum Gasteiger partial charge on any atom is 0.220 e. The fourth-order valence-electron chi connectivity index (χ4n) is 3.40. The number of carbonyl (C=O) groups is 1. The van der Waals surface area contributed by atoms with Crippen LogP contribution in [0.25, 0.3) is 17.1 Å². The van der Waals surface area contributed by atoms with E-state index >= 15 is 0 Å². The van der Waals surface area contributed by atoms with Gasteiger partial charge in [0.1, 0.15) is 5.75 Å². The first-order valence-corrected chi connectivity index (χ1v) is 11.8. The van der Waals surface area contributed by atoms with Gasteiger partial charge in [0.2, 0.25) is 5.91 Å². The van der Waals surface area contributed by atoms with Gasteiger partial charge in [-0.15, -0.1) is 10.2 Å². The third-order valence-electron chi connectivity index (χ3n) is 5.09. The topological polar surface area (TPSA) is 69.0 Å². The van der Waals surface area contributed by atoms with Crippen molar-refractivity contribution in [1.82, 2.24) is 20.1 Å². The number of ether oxygens (including phenoxy) is 1. The van der Waals surface area contributed by atoms with Crippen molar-refractivity contribution in [2.24, 2.45) is 0 Å². The second-order valence-corrected chi connectivity index (χ2v) is 8.49. The molecule has 4 rings (SSSR count). The zero-order chi connectivity index (χ0) is 22.9. The van der Waals surface area contributed by atoms with Gasteiger partial charge < -0.3 is 10.1 Å². The third kappa shape index (κ3) is 6.02. The van der Waals surface area contributed by atoms with Gasteiger partial charge in [0, 0.05) is 30.0 Å². The van der Waals surface area contributed by atoms with Crippen LogP contribution < -0.4 is 10.1 Å². The van der Waals surface area contributed by atoms with E-state index in [1.165, 1.54) is 0 Å². The van der Waals surface area contributed by atoms with Crippen LogP contribution in [0.3, 0.4) is 0 Å². The van der Waals surface area contributed by atoms with Crippen molar-refractivity contribution >= 4 is 17.7 Å². The van der Waals surface area contributed by atoms with Gasteiger partial charge in [-0.1, -0.05) is 72.4 Å². The smallest absolute Gasteiger partial charge is 0.220 e. The molecule has 1 aromatic heterocycles. The molecule has 7 heteroatoms. The largest absolute Gasteiger partial charge is 0.497 e. The van der Waals surface area contributed by atoms with Crippen LogP contribution >= 0.6 is 11.8 Å². The predicted octanol–water partition coefficient (Wildman–Crippen LogP) is 5.13. The van der Waals surface area contributed by atoms with E-state index in [2.05, 4.69) is 20.1 Å². The minimum atomic E-state index is 0.0565. The van der Waals surface area contributed by atoms with Gasteiger partial charge in [0.25, 0.3) is 0 Å². The lowest BCUT2D eigenvalue weighted by atomic mass is 10.2. The Hall–Kier alpha value is -3.58. The third-order valence-corrected chi connectivity index (χ3v) is 6.10. The monoisotopic (exact) mass is 458 g/mol. The average molecular weight is 459 g/mol. The van der Waals surface area contributed by atoms with Crippen molar-refractivity contribution in [3.8, 4) is 22.8 Å². The summed E-state index contributed by atoms with van der Waals surface area (Å²) < 4.78 is 7.43. The summed E-state index contributed by atoms with van der Waals surface area (Å²) in [5.41, 5.74) is 3.02. The lowest BCUT2D eigenvalue weighted by molar-refractivity contribution is -0.121. The first kappa shape index (κ1) is 22.6. The van der Waals surface area contributed by atoms with E-state index < -0.39 is 0 Å². The van der Waals surface area contributed by atoms with Gasteiger partial charge in [0.15, 0.2) is 11.0 Å². The summed E-state index contributed by atoms with van der Waals surface area (Å²) in [5.74, 6) is 2.34. The van der Waals surface area contributed by atoms with E-state index in [-0.39, 0.29) is 5.91 Å². The van der Waals surface area contributed by atoms with E-state index in [1.807, 2.05) is 84.9 Å². The highest BCUT2D eigenvalue weighted by atomic mass is 32.2. The van der Waals surface area contributed by atoms with E-state index in [1.54, 1.807) is 18.9 Å². The average Bonchev–Trinajstić information content (AvgIpc) is 3.30. The number of para-hydroxylation sites is 1. The number of aromatic nitrogens is 3. The van der Waals surface area contributed by atoms with E-state index in [4.69, 9.17) is 4.74 Å². The van der Waals surface area contributed by atoms with Crippen LogP contribution in [0, 0.1) is 0 Å². The molecule has 3 aromatic carbocycles. The highest BCUT2D eigenvalue weighted by Crippen LogP contribution is 2.30. The molecule has 0 aliphatic rings. The number of hydrogen-bond acceptors (Lipinski definition) is 5. The number of nitrogens with zero attached hydrogens (tertiary/aromatic N) is 3. The maximum absolute atomic E-state index is 12.2. The Morgan fingerprint density at radius 3 is 2.48 bits per heavy atom. The molecule has 168 valence electrons. The fourth-order valence-corrected chi connectivity index (χ4v) is 4.29. The van der Waals surface area contributed by atoms with Crippen molar-refractivity contribution in [2.45, 2.75) is 24.5 Å². The normalized spacial score (nSPS) is 10.7. The first-order valence-electron chi connectivity index (χ1n) is 10.8. The predicted molar refractivity (Wildman–Crippen MR) is 132 cm³/mol. The molecule has 33 heavy (non-hydrogen) atoms. The van der Waals surface area contributed by atoms with Gasteiger partial charge >= 0.3 is 0 Å². The van der Waals surface area contributed by atoms with Crippen LogP contribution in [0.1, 0.15) is 18.4 Å². The van der Waals surface area contributed by atoms with Gasteiger partial charge in [-0.3, -0.25) is 9.36 Å². The van der Waals surface area contributed by atoms with E-state index in [9.17, 15) is 4.79 Å². The Labute approximate surface area is 198 Å². The molecular weight excluding hydrogens is 432 g/mol. The zero-order valence-electron chi connectivity index (χ0n) is 18.5. The number of hydrogen-bond donors (Lipinski definition) is 1. The van der Waals surface area contributed by atoms with Crippen LogP contribution in [-0.2, 0) is 11.3 Å². The molecule has 0 saturated carbocycles. The van der Waals surface area contributed by atoms with Gasteiger partial charge in [-0.25, -0.2) is 0 Å². The quantitative estimate of drug-likeness (QED) is 0.263. The lowest BCUT2D eigenvalue weighted by Crippen LogP contribution is -2.22. The molecule has 4 aromatic rings. The van der Waals surface area contributed by atoms with Crippen molar-refractivity contribution in [3.63, 3.8) is 0 Å². The van der Waals surface area contributed by atoms with Crippen LogP contribution in [0.2, 0.25) is 0 Å². The molecule has 6 nitrogen and oxygen atoms in total. The maximum atomic E-state index is 12.2. The molecule has 0 aliphatic carbocycles. The second-order valence-electron chi connectivity index (χ2n) is 7.42. The zero-order valence-corrected chi connectivity index (χ0v) is 19.3. The number of nitrogens with one attached hydrogen (secondary N) is 1. The number of thioether (sulfide) groups is 1. The van der Waals surface area contributed by atoms with Crippen molar-refractivity contribution < 1.29 is 9.53 Å². The lowest BCUT2D eigenvalue weighted by Gasteiger charge is -2.11. The Balaban J connectivity index is 1.41.